The SMILES string of the molecule is CC(C)C(C)NC(=O)NCC(N)C(F)(F)F. The molecule has 0 fully saturated rings. The summed E-state index contributed by atoms with van der Waals surface area (Å²) in [4.78, 5) is 11.1. The monoisotopic (exact) mass is 241 g/mol. The molecule has 0 bridgehead atoms. The minimum atomic E-state index is -4.49. The van der Waals surface area contributed by atoms with Crippen LogP contribution in [-0.4, -0.2) is 30.8 Å². The Morgan fingerprint density at radius 3 is 2.19 bits per heavy atom. The summed E-state index contributed by atoms with van der Waals surface area (Å²) in [5, 5.41) is 4.59. The summed E-state index contributed by atoms with van der Waals surface area (Å²) in [6, 6.07) is -2.78. The van der Waals surface area contributed by atoms with E-state index in [0.29, 0.717) is 0 Å². The van der Waals surface area contributed by atoms with Gasteiger partial charge in [0.05, 0.1) is 0 Å². The molecular formula is C9H18F3N3O. The van der Waals surface area contributed by atoms with Crippen LogP contribution in [0.1, 0.15) is 20.8 Å². The number of carbonyl (C=O) groups excluding carboxylic acids is 1. The van der Waals surface area contributed by atoms with Crippen molar-refractivity contribution in [1.29, 1.82) is 0 Å². The van der Waals surface area contributed by atoms with E-state index in [9.17, 15) is 18.0 Å². The van der Waals surface area contributed by atoms with Gasteiger partial charge in [-0.15, -0.1) is 0 Å². The molecule has 2 amide bonds. The highest BCUT2D eigenvalue weighted by molar-refractivity contribution is 5.74. The first-order valence-electron chi connectivity index (χ1n) is 5.01. The van der Waals surface area contributed by atoms with Crippen molar-refractivity contribution in [2.45, 2.75) is 39.0 Å². The Morgan fingerprint density at radius 1 is 1.31 bits per heavy atom. The molecule has 2 atom stereocenters. The fraction of sp³-hybridized carbons (Fsp3) is 0.889. The fourth-order valence-electron chi connectivity index (χ4n) is 0.743. The quantitative estimate of drug-likeness (QED) is 0.692. The van der Waals surface area contributed by atoms with E-state index in [0.717, 1.165) is 0 Å². The molecule has 0 saturated carbocycles. The van der Waals surface area contributed by atoms with Crippen LogP contribution >= 0.6 is 0 Å². The van der Waals surface area contributed by atoms with E-state index in [1.165, 1.54) is 0 Å². The number of urea groups is 1. The molecule has 7 heteroatoms. The molecule has 0 spiro atoms. The molecule has 0 rings (SSSR count). The van der Waals surface area contributed by atoms with Crippen LogP contribution in [0.4, 0.5) is 18.0 Å². The molecule has 0 aromatic heterocycles. The van der Waals surface area contributed by atoms with Gasteiger partial charge in [-0.2, -0.15) is 13.2 Å². The van der Waals surface area contributed by atoms with Crippen molar-refractivity contribution < 1.29 is 18.0 Å². The van der Waals surface area contributed by atoms with Crippen LogP contribution in [0.3, 0.4) is 0 Å². The Kier molecular flexibility index (Phi) is 5.57. The van der Waals surface area contributed by atoms with Crippen molar-refractivity contribution >= 4 is 6.03 Å². The van der Waals surface area contributed by atoms with Crippen molar-refractivity contribution in [3.63, 3.8) is 0 Å². The number of amides is 2. The molecule has 0 heterocycles. The van der Waals surface area contributed by atoms with Crippen LogP contribution in [0.25, 0.3) is 0 Å². The summed E-state index contributed by atoms with van der Waals surface area (Å²) < 4.78 is 36.0. The van der Waals surface area contributed by atoms with E-state index in [1.54, 1.807) is 6.92 Å². The first-order valence-corrected chi connectivity index (χ1v) is 5.01. The summed E-state index contributed by atoms with van der Waals surface area (Å²) in [6.07, 6.45) is -4.49. The van der Waals surface area contributed by atoms with Crippen LogP contribution in [-0.2, 0) is 0 Å². The molecule has 0 radical (unpaired) electrons. The van der Waals surface area contributed by atoms with Gasteiger partial charge in [0.2, 0.25) is 0 Å². The van der Waals surface area contributed by atoms with E-state index in [1.807, 2.05) is 13.8 Å². The molecule has 0 aliphatic heterocycles. The van der Waals surface area contributed by atoms with Gasteiger partial charge in [-0.1, -0.05) is 13.8 Å². The number of nitrogens with one attached hydrogen (secondary N) is 2. The Bertz CT molecular complexity index is 231. The number of alkyl halides is 3. The van der Waals surface area contributed by atoms with Crippen molar-refractivity contribution in [3.8, 4) is 0 Å². The highest BCUT2D eigenvalue weighted by Gasteiger charge is 2.36. The second-order valence-corrected chi connectivity index (χ2v) is 4.04. The highest BCUT2D eigenvalue weighted by atomic mass is 19.4. The van der Waals surface area contributed by atoms with Crippen LogP contribution < -0.4 is 16.4 Å². The van der Waals surface area contributed by atoms with E-state index in [4.69, 9.17) is 5.73 Å². The zero-order chi connectivity index (χ0) is 12.9. The van der Waals surface area contributed by atoms with Gasteiger partial charge in [0.1, 0.15) is 6.04 Å². The predicted molar refractivity (Wildman–Crippen MR) is 54.9 cm³/mol. The van der Waals surface area contributed by atoms with Crippen molar-refractivity contribution in [3.05, 3.63) is 0 Å². The molecular weight excluding hydrogens is 223 g/mol. The Labute approximate surface area is 92.8 Å². The standard InChI is InChI=1S/C9H18F3N3O/c1-5(2)6(3)15-8(16)14-4-7(13)9(10,11)12/h5-7H,4,13H2,1-3H3,(H2,14,15,16). The lowest BCUT2D eigenvalue weighted by molar-refractivity contribution is -0.146. The molecule has 2 unspecified atom stereocenters. The Balaban J connectivity index is 3.91. The summed E-state index contributed by atoms with van der Waals surface area (Å²) in [7, 11) is 0. The van der Waals surface area contributed by atoms with E-state index in [-0.39, 0.29) is 12.0 Å². The van der Waals surface area contributed by atoms with Crippen LogP contribution in [0.15, 0.2) is 0 Å². The maximum Gasteiger partial charge on any atom is 0.405 e. The van der Waals surface area contributed by atoms with Crippen LogP contribution in [0, 0.1) is 5.92 Å². The zero-order valence-electron chi connectivity index (χ0n) is 9.56. The Morgan fingerprint density at radius 2 is 1.81 bits per heavy atom. The normalized spacial score (nSPS) is 15.8. The third-order valence-electron chi connectivity index (χ3n) is 2.26. The molecule has 0 aromatic rings. The molecule has 96 valence electrons. The van der Waals surface area contributed by atoms with Gasteiger partial charge >= 0.3 is 12.2 Å². The van der Waals surface area contributed by atoms with Gasteiger partial charge in [0.15, 0.2) is 0 Å². The van der Waals surface area contributed by atoms with Gasteiger partial charge in [0, 0.05) is 12.6 Å². The topological polar surface area (TPSA) is 67.2 Å². The van der Waals surface area contributed by atoms with E-state index >= 15 is 0 Å². The molecule has 0 aliphatic rings. The van der Waals surface area contributed by atoms with Crippen molar-refractivity contribution in [2.75, 3.05) is 6.54 Å². The van der Waals surface area contributed by atoms with Gasteiger partial charge in [-0.05, 0) is 12.8 Å². The van der Waals surface area contributed by atoms with Gasteiger partial charge in [0.25, 0.3) is 0 Å². The summed E-state index contributed by atoms with van der Waals surface area (Å²) in [5.41, 5.74) is 4.82. The maximum atomic E-state index is 12.0. The lowest BCUT2D eigenvalue weighted by Crippen LogP contribution is -2.50. The molecule has 16 heavy (non-hydrogen) atoms. The number of hydrogen-bond donors (Lipinski definition) is 3. The molecule has 4 N–H and O–H groups in total. The number of carbonyl (C=O) groups is 1. The van der Waals surface area contributed by atoms with E-state index in [2.05, 4.69) is 10.6 Å². The number of hydrogen-bond acceptors (Lipinski definition) is 2. The lowest BCUT2D eigenvalue weighted by Gasteiger charge is -2.20. The number of nitrogens with two attached hydrogens (primary N) is 1. The third kappa shape index (κ3) is 5.79. The fourth-order valence-corrected chi connectivity index (χ4v) is 0.743. The van der Waals surface area contributed by atoms with Crippen molar-refractivity contribution in [1.82, 2.24) is 10.6 Å². The van der Waals surface area contributed by atoms with Crippen molar-refractivity contribution in [2.24, 2.45) is 11.7 Å². The molecule has 0 saturated heterocycles. The number of halogens is 3. The largest absolute Gasteiger partial charge is 0.405 e. The molecule has 0 aromatic carbocycles. The third-order valence-corrected chi connectivity index (χ3v) is 2.26. The van der Waals surface area contributed by atoms with E-state index < -0.39 is 24.8 Å². The van der Waals surface area contributed by atoms with Gasteiger partial charge < -0.3 is 16.4 Å². The lowest BCUT2D eigenvalue weighted by atomic mass is 10.1. The summed E-state index contributed by atoms with van der Waals surface area (Å²) in [6.45, 7) is 4.94. The maximum absolute atomic E-state index is 12.0. The smallest absolute Gasteiger partial charge is 0.336 e. The first kappa shape index (κ1) is 15.0. The zero-order valence-corrected chi connectivity index (χ0v) is 9.56. The molecule has 0 aliphatic carbocycles. The Hall–Kier alpha value is -0.980. The second-order valence-electron chi connectivity index (χ2n) is 4.04. The minimum absolute atomic E-state index is 0.109. The van der Waals surface area contributed by atoms with Crippen LogP contribution in [0.5, 0.6) is 0 Å². The van der Waals surface area contributed by atoms with Crippen LogP contribution in [0.2, 0.25) is 0 Å². The predicted octanol–water partition coefficient (Wildman–Crippen LogP) is 1.22. The average molecular weight is 241 g/mol. The molecule has 4 nitrogen and oxygen atoms in total. The number of rotatable bonds is 4. The average Bonchev–Trinajstić information content (AvgIpc) is 2.12. The second kappa shape index (κ2) is 5.93. The first-order chi connectivity index (χ1) is 7.14. The summed E-state index contributed by atoms with van der Waals surface area (Å²) in [5.74, 6) is 0.210. The minimum Gasteiger partial charge on any atom is -0.336 e. The van der Waals surface area contributed by atoms with Gasteiger partial charge in [-0.3, -0.25) is 0 Å². The van der Waals surface area contributed by atoms with Gasteiger partial charge in [-0.25, -0.2) is 4.79 Å². The summed E-state index contributed by atoms with van der Waals surface area (Å²) >= 11 is 0. The highest BCUT2D eigenvalue weighted by Crippen LogP contribution is 2.17.